The summed E-state index contributed by atoms with van der Waals surface area (Å²) in [6, 6.07) is 8.07. The van der Waals surface area contributed by atoms with Gasteiger partial charge in [-0.05, 0) is 35.7 Å². The van der Waals surface area contributed by atoms with Crippen LogP contribution in [0.15, 0.2) is 36.7 Å². The molecule has 1 aliphatic heterocycles. The van der Waals surface area contributed by atoms with Gasteiger partial charge in [-0.1, -0.05) is 17.7 Å². The maximum atomic E-state index is 6.15. The van der Waals surface area contributed by atoms with E-state index in [1.54, 1.807) is 12.4 Å². The quantitative estimate of drug-likeness (QED) is 0.844. The molecular weight excluding hydrogens is 246 g/mol. The minimum Gasteiger partial charge on any atom is -0.399 e. The number of pyridine rings is 1. The highest BCUT2D eigenvalue weighted by molar-refractivity contribution is 6.31. The third kappa shape index (κ3) is 2.02. The van der Waals surface area contributed by atoms with Crippen LogP contribution in [0.1, 0.15) is 11.1 Å². The van der Waals surface area contributed by atoms with Crippen LogP contribution in [0.25, 0.3) is 0 Å². The molecule has 0 aliphatic carbocycles. The topological polar surface area (TPSA) is 42.1 Å². The molecule has 2 aromatic rings. The molecule has 0 fully saturated rings. The number of nitrogens with two attached hydrogens (primary N) is 1. The second-order valence-electron chi connectivity index (χ2n) is 4.53. The fourth-order valence-corrected chi connectivity index (χ4v) is 2.54. The first-order valence-corrected chi connectivity index (χ1v) is 6.33. The van der Waals surface area contributed by atoms with Crippen LogP contribution in [0.2, 0.25) is 5.02 Å². The Bertz CT molecular complexity index is 583. The zero-order chi connectivity index (χ0) is 12.5. The van der Waals surface area contributed by atoms with Crippen LogP contribution in [-0.2, 0) is 13.0 Å². The largest absolute Gasteiger partial charge is 0.399 e. The molecule has 0 spiro atoms. The first-order valence-electron chi connectivity index (χ1n) is 5.96. The molecule has 92 valence electrons. The highest BCUT2D eigenvalue weighted by atomic mass is 35.5. The maximum absolute atomic E-state index is 6.15. The van der Waals surface area contributed by atoms with Gasteiger partial charge in [0.15, 0.2) is 0 Å². The Kier molecular flexibility index (Phi) is 2.84. The normalized spacial score (nSPS) is 13.7. The van der Waals surface area contributed by atoms with Crippen molar-refractivity contribution in [2.75, 3.05) is 17.2 Å². The lowest BCUT2D eigenvalue weighted by atomic mass is 10.1. The number of halogens is 1. The van der Waals surface area contributed by atoms with Crippen molar-refractivity contribution >= 4 is 23.0 Å². The second-order valence-corrected chi connectivity index (χ2v) is 4.93. The second kappa shape index (κ2) is 4.50. The van der Waals surface area contributed by atoms with Crippen molar-refractivity contribution in [2.45, 2.75) is 13.0 Å². The van der Waals surface area contributed by atoms with Gasteiger partial charge in [-0.3, -0.25) is 4.98 Å². The van der Waals surface area contributed by atoms with Crippen LogP contribution >= 0.6 is 11.6 Å². The van der Waals surface area contributed by atoms with Crippen molar-refractivity contribution < 1.29 is 0 Å². The Balaban J connectivity index is 1.89. The van der Waals surface area contributed by atoms with E-state index in [2.05, 4.69) is 16.0 Å². The number of hydrogen-bond acceptors (Lipinski definition) is 3. The summed E-state index contributed by atoms with van der Waals surface area (Å²) in [5.74, 6) is 0. The van der Waals surface area contributed by atoms with E-state index in [4.69, 9.17) is 17.3 Å². The molecule has 3 rings (SSSR count). The minimum atomic E-state index is 0.717. The van der Waals surface area contributed by atoms with Crippen molar-refractivity contribution in [3.8, 4) is 0 Å². The van der Waals surface area contributed by atoms with E-state index in [1.807, 2.05) is 18.2 Å². The molecular formula is C14H14ClN3. The van der Waals surface area contributed by atoms with Gasteiger partial charge in [0, 0.05) is 36.9 Å². The van der Waals surface area contributed by atoms with Crippen molar-refractivity contribution in [1.29, 1.82) is 0 Å². The van der Waals surface area contributed by atoms with Crippen LogP contribution in [0.3, 0.4) is 0 Å². The minimum absolute atomic E-state index is 0.717. The molecule has 0 radical (unpaired) electrons. The number of fused-ring (bicyclic) bond motifs is 1. The van der Waals surface area contributed by atoms with Gasteiger partial charge in [-0.25, -0.2) is 0 Å². The molecule has 3 nitrogen and oxygen atoms in total. The predicted molar refractivity (Wildman–Crippen MR) is 74.9 cm³/mol. The van der Waals surface area contributed by atoms with E-state index in [0.717, 1.165) is 35.8 Å². The molecule has 1 aliphatic rings. The first kappa shape index (κ1) is 11.4. The van der Waals surface area contributed by atoms with Gasteiger partial charge in [-0.15, -0.1) is 0 Å². The molecule has 4 heteroatoms. The fraction of sp³-hybridized carbons (Fsp3) is 0.214. The van der Waals surface area contributed by atoms with Gasteiger partial charge in [0.2, 0.25) is 0 Å². The van der Waals surface area contributed by atoms with E-state index in [-0.39, 0.29) is 0 Å². The van der Waals surface area contributed by atoms with Crippen molar-refractivity contribution in [3.05, 3.63) is 52.8 Å². The van der Waals surface area contributed by atoms with Crippen molar-refractivity contribution in [1.82, 2.24) is 4.98 Å². The van der Waals surface area contributed by atoms with E-state index >= 15 is 0 Å². The van der Waals surface area contributed by atoms with E-state index in [0.29, 0.717) is 0 Å². The fourth-order valence-electron chi connectivity index (χ4n) is 2.36. The number of hydrogen-bond donors (Lipinski definition) is 1. The monoisotopic (exact) mass is 259 g/mol. The Labute approximate surface area is 111 Å². The summed E-state index contributed by atoms with van der Waals surface area (Å²) < 4.78 is 0. The van der Waals surface area contributed by atoms with Crippen LogP contribution in [0, 0.1) is 0 Å². The molecule has 1 aromatic carbocycles. The molecule has 0 saturated heterocycles. The van der Waals surface area contributed by atoms with Gasteiger partial charge in [0.25, 0.3) is 0 Å². The molecule has 0 saturated carbocycles. The van der Waals surface area contributed by atoms with Gasteiger partial charge in [-0.2, -0.15) is 0 Å². The molecule has 2 heterocycles. The molecule has 0 unspecified atom stereocenters. The molecule has 18 heavy (non-hydrogen) atoms. The summed E-state index contributed by atoms with van der Waals surface area (Å²) in [6.45, 7) is 1.81. The lowest BCUT2D eigenvalue weighted by Crippen LogP contribution is -2.20. The summed E-state index contributed by atoms with van der Waals surface area (Å²) in [5, 5.41) is 0.717. The first-order chi connectivity index (χ1) is 8.74. The van der Waals surface area contributed by atoms with E-state index < -0.39 is 0 Å². The number of benzene rings is 1. The maximum Gasteiger partial charge on any atom is 0.0639 e. The Morgan fingerprint density at radius 2 is 2.22 bits per heavy atom. The highest BCUT2D eigenvalue weighted by Crippen LogP contribution is 2.31. The number of nitrogens with zero attached hydrogens (tertiary/aromatic N) is 2. The number of rotatable bonds is 2. The molecule has 0 bridgehead atoms. The van der Waals surface area contributed by atoms with Crippen molar-refractivity contribution in [2.24, 2.45) is 0 Å². The standard InChI is InChI=1S/C14H14ClN3/c15-13-8-17-5-3-11(13)9-18-6-4-10-1-2-12(16)7-14(10)18/h1-3,5,7-8H,4,6,9,16H2. The number of aromatic nitrogens is 1. The molecule has 1 aromatic heterocycles. The predicted octanol–water partition coefficient (Wildman–Crippen LogP) is 2.88. The number of anilines is 2. The SMILES string of the molecule is Nc1ccc2c(c1)N(Cc1ccncc1Cl)CC2. The van der Waals surface area contributed by atoms with E-state index in [9.17, 15) is 0 Å². The summed E-state index contributed by atoms with van der Waals surface area (Å²) >= 11 is 6.15. The summed E-state index contributed by atoms with van der Waals surface area (Å²) in [7, 11) is 0. The van der Waals surface area contributed by atoms with Gasteiger partial charge < -0.3 is 10.6 Å². The van der Waals surface area contributed by atoms with Crippen LogP contribution in [0.4, 0.5) is 11.4 Å². The smallest absolute Gasteiger partial charge is 0.0639 e. The van der Waals surface area contributed by atoms with Gasteiger partial charge in [0.05, 0.1) is 5.02 Å². The third-order valence-electron chi connectivity index (χ3n) is 3.32. The summed E-state index contributed by atoms with van der Waals surface area (Å²) in [6.07, 6.45) is 4.53. The number of nitrogen functional groups attached to an aromatic ring is 1. The Morgan fingerprint density at radius 1 is 1.33 bits per heavy atom. The molecule has 0 amide bonds. The Hall–Kier alpha value is -1.74. The van der Waals surface area contributed by atoms with Crippen molar-refractivity contribution in [3.63, 3.8) is 0 Å². The van der Waals surface area contributed by atoms with Crippen LogP contribution in [0.5, 0.6) is 0 Å². The average Bonchev–Trinajstić information content (AvgIpc) is 2.75. The van der Waals surface area contributed by atoms with Crippen LogP contribution < -0.4 is 10.6 Å². The molecule has 0 atom stereocenters. The highest BCUT2D eigenvalue weighted by Gasteiger charge is 2.19. The van der Waals surface area contributed by atoms with Gasteiger partial charge in [0.1, 0.15) is 0 Å². The van der Waals surface area contributed by atoms with Crippen LogP contribution in [-0.4, -0.2) is 11.5 Å². The summed E-state index contributed by atoms with van der Waals surface area (Å²) in [4.78, 5) is 6.32. The zero-order valence-corrected chi connectivity index (χ0v) is 10.7. The average molecular weight is 260 g/mol. The lowest BCUT2D eigenvalue weighted by Gasteiger charge is -2.20. The van der Waals surface area contributed by atoms with Gasteiger partial charge >= 0.3 is 0 Å². The Morgan fingerprint density at radius 3 is 3.06 bits per heavy atom. The zero-order valence-electron chi connectivity index (χ0n) is 9.94. The third-order valence-corrected chi connectivity index (χ3v) is 3.66. The lowest BCUT2D eigenvalue weighted by molar-refractivity contribution is 0.835. The summed E-state index contributed by atoms with van der Waals surface area (Å²) in [5.41, 5.74) is 10.3. The van der Waals surface area contributed by atoms with E-state index in [1.165, 1.54) is 11.3 Å². The molecule has 2 N–H and O–H groups in total.